The maximum Gasteiger partial charge on any atom is 0.319 e. The quantitative estimate of drug-likeness (QED) is 0.223. The van der Waals surface area contributed by atoms with Crippen molar-refractivity contribution in [1.29, 1.82) is 0 Å². The summed E-state index contributed by atoms with van der Waals surface area (Å²) in [6.07, 6.45) is 5.67. The Bertz CT molecular complexity index is 1990. The van der Waals surface area contributed by atoms with Gasteiger partial charge in [0.1, 0.15) is 39.6 Å². The monoisotopic (exact) mass is 719 g/mol. The number of hydrogen-bond acceptors (Lipinski definition) is 11. The molecule has 0 bridgehead atoms. The van der Waals surface area contributed by atoms with Gasteiger partial charge in [0.15, 0.2) is 5.82 Å². The molecule has 13 heteroatoms. The lowest BCUT2D eigenvalue weighted by atomic mass is 9.75. The van der Waals surface area contributed by atoms with Crippen LogP contribution in [0.2, 0.25) is 0 Å². The fourth-order valence-electron chi connectivity index (χ4n) is 9.10. The lowest BCUT2D eigenvalue weighted by Crippen LogP contribution is -2.54. The van der Waals surface area contributed by atoms with E-state index in [0.717, 1.165) is 58.4 Å². The molecule has 2 aromatic heterocycles. The fraction of sp³-hybridized carbons (Fsp3) is 0.564. The van der Waals surface area contributed by atoms with Crippen molar-refractivity contribution in [2.75, 3.05) is 71.2 Å². The average Bonchev–Trinajstić information content (AvgIpc) is 3.46. The Morgan fingerprint density at radius 1 is 1.04 bits per heavy atom. The van der Waals surface area contributed by atoms with E-state index in [-0.39, 0.29) is 58.4 Å². The van der Waals surface area contributed by atoms with E-state index in [2.05, 4.69) is 9.88 Å². The molecule has 0 radical (unpaired) electrons. The average molecular weight is 720 g/mol. The number of aromatic hydroxyl groups is 1. The number of aliphatic hydroxyl groups is 1. The molecule has 278 valence electrons. The summed E-state index contributed by atoms with van der Waals surface area (Å²) in [5.74, 6) is -0.430. The van der Waals surface area contributed by atoms with Crippen molar-refractivity contribution in [3.63, 3.8) is 0 Å². The van der Waals surface area contributed by atoms with Gasteiger partial charge in [-0.3, -0.25) is 4.90 Å². The highest BCUT2D eigenvalue weighted by atomic mass is 19.1. The molecule has 8 rings (SSSR count). The normalized spacial score (nSPS) is 25.7. The van der Waals surface area contributed by atoms with E-state index in [1.807, 2.05) is 11.8 Å². The van der Waals surface area contributed by atoms with Crippen LogP contribution in [0.4, 0.5) is 14.6 Å². The van der Waals surface area contributed by atoms with Crippen molar-refractivity contribution in [1.82, 2.24) is 19.9 Å². The van der Waals surface area contributed by atoms with Gasteiger partial charge < -0.3 is 34.1 Å². The molecule has 0 unspecified atom stereocenters. The standard InChI is InChI=1S/C39H47F2N5O6/c1-4-26-28(40)9-8-24-15-25(47)16-27(30(24)26)33-32(41)34-31(36(42-33)49-3)35(46-13-14-50-21-38(2,48)20-46)44-37(43-34)52-22-39-10-5-7-29(39)45(12-6-11-39)17-23-18-51-19-23/h8-9,15-16,23,29,47-48H,4-7,10-14,17-22H2,1-3H3/t29-,38+,39-/m1/s1. The van der Waals surface area contributed by atoms with E-state index in [1.165, 1.54) is 25.3 Å². The molecular weight excluding hydrogens is 672 g/mol. The van der Waals surface area contributed by atoms with Gasteiger partial charge in [-0.05, 0) is 80.1 Å². The molecule has 2 N–H and O–H groups in total. The van der Waals surface area contributed by atoms with Crippen LogP contribution in [0.15, 0.2) is 24.3 Å². The minimum atomic E-state index is -1.22. The second-order valence-corrected chi connectivity index (χ2v) is 15.3. The molecule has 1 aliphatic carbocycles. The molecule has 5 heterocycles. The first kappa shape index (κ1) is 35.1. The summed E-state index contributed by atoms with van der Waals surface area (Å²) in [7, 11) is 1.43. The summed E-state index contributed by atoms with van der Waals surface area (Å²) in [6, 6.07) is 6.21. The number of anilines is 1. The smallest absolute Gasteiger partial charge is 0.319 e. The fourth-order valence-corrected chi connectivity index (χ4v) is 9.10. The highest BCUT2D eigenvalue weighted by Gasteiger charge is 2.49. The van der Waals surface area contributed by atoms with Crippen LogP contribution < -0.4 is 14.4 Å². The number of hydrogen-bond donors (Lipinski definition) is 2. The first-order valence-corrected chi connectivity index (χ1v) is 18.5. The molecule has 3 saturated heterocycles. The third-order valence-corrected chi connectivity index (χ3v) is 11.5. The van der Waals surface area contributed by atoms with E-state index in [1.54, 1.807) is 13.0 Å². The van der Waals surface area contributed by atoms with Crippen molar-refractivity contribution in [3.8, 4) is 28.9 Å². The molecule has 1 saturated carbocycles. The van der Waals surface area contributed by atoms with Crippen LogP contribution in [-0.2, 0) is 15.9 Å². The Kier molecular flexibility index (Phi) is 9.34. The topological polar surface area (TPSA) is 123 Å². The lowest BCUT2D eigenvalue weighted by Gasteiger charge is -2.48. The highest BCUT2D eigenvalue weighted by molar-refractivity contribution is 6.03. The van der Waals surface area contributed by atoms with E-state index in [9.17, 15) is 10.2 Å². The molecule has 0 amide bonds. The number of benzene rings is 2. The number of aryl methyl sites for hydroxylation is 1. The molecule has 3 aliphatic heterocycles. The van der Waals surface area contributed by atoms with Crippen LogP contribution in [0.5, 0.6) is 17.6 Å². The SMILES string of the molecule is CCc1c(F)ccc2cc(O)cc(-c3nc(OC)c4c(N5CCOC[C@@](C)(O)C5)nc(OC[C@]56CCC[C@H]5N(CC5COC5)CCC6)nc4c3F)c12. The number of methoxy groups -OCH3 is 1. The van der Waals surface area contributed by atoms with Crippen LogP contribution in [-0.4, -0.2) is 108 Å². The van der Waals surface area contributed by atoms with Crippen molar-refractivity contribution < 1.29 is 37.9 Å². The number of aromatic nitrogens is 3. The second kappa shape index (κ2) is 13.8. The van der Waals surface area contributed by atoms with Crippen LogP contribution in [0.25, 0.3) is 32.9 Å². The van der Waals surface area contributed by atoms with Gasteiger partial charge >= 0.3 is 6.01 Å². The highest BCUT2D eigenvalue weighted by Crippen LogP contribution is 2.49. The summed E-state index contributed by atoms with van der Waals surface area (Å²) in [4.78, 5) is 18.7. The lowest BCUT2D eigenvalue weighted by molar-refractivity contribution is -0.0731. The maximum atomic E-state index is 17.3. The number of nitrogens with zero attached hydrogens (tertiary/aromatic N) is 5. The largest absolute Gasteiger partial charge is 0.508 e. The van der Waals surface area contributed by atoms with Gasteiger partial charge in [-0.15, -0.1) is 0 Å². The van der Waals surface area contributed by atoms with Crippen LogP contribution in [0.1, 0.15) is 51.5 Å². The van der Waals surface area contributed by atoms with Crippen molar-refractivity contribution in [2.45, 2.75) is 64.0 Å². The molecular formula is C39H47F2N5O6. The van der Waals surface area contributed by atoms with Gasteiger partial charge in [0.2, 0.25) is 5.88 Å². The van der Waals surface area contributed by atoms with Crippen LogP contribution in [0, 0.1) is 23.0 Å². The second-order valence-electron chi connectivity index (χ2n) is 15.3. The van der Waals surface area contributed by atoms with Gasteiger partial charge in [-0.25, -0.2) is 13.8 Å². The van der Waals surface area contributed by atoms with Gasteiger partial charge in [0.25, 0.3) is 0 Å². The summed E-state index contributed by atoms with van der Waals surface area (Å²) < 4.78 is 56.1. The van der Waals surface area contributed by atoms with Crippen molar-refractivity contribution >= 4 is 27.5 Å². The minimum Gasteiger partial charge on any atom is -0.508 e. The molecule has 52 heavy (non-hydrogen) atoms. The molecule has 0 spiro atoms. The van der Waals surface area contributed by atoms with Gasteiger partial charge in [0, 0.05) is 36.0 Å². The Morgan fingerprint density at radius 3 is 2.63 bits per heavy atom. The zero-order valence-corrected chi connectivity index (χ0v) is 30.1. The Labute approximate surface area is 301 Å². The number of ether oxygens (including phenoxy) is 4. The minimum absolute atomic E-state index is 0.0102. The number of likely N-dealkylation sites (tertiary alicyclic amines) is 1. The predicted molar refractivity (Wildman–Crippen MR) is 192 cm³/mol. The molecule has 2 aromatic carbocycles. The van der Waals surface area contributed by atoms with Gasteiger partial charge in [-0.1, -0.05) is 19.4 Å². The van der Waals surface area contributed by atoms with E-state index >= 15 is 8.78 Å². The van der Waals surface area contributed by atoms with E-state index in [4.69, 9.17) is 28.9 Å². The zero-order valence-electron chi connectivity index (χ0n) is 30.1. The summed E-state index contributed by atoms with van der Waals surface area (Å²) in [5, 5.41) is 23.1. The van der Waals surface area contributed by atoms with Crippen LogP contribution >= 0.6 is 0 Å². The zero-order chi connectivity index (χ0) is 36.2. The number of β-amino-alcohol motifs (C(OH)–C–C–N with tert-alkyl or cyclic N) is 1. The number of rotatable bonds is 9. The molecule has 11 nitrogen and oxygen atoms in total. The Balaban J connectivity index is 1.27. The first-order valence-electron chi connectivity index (χ1n) is 18.5. The van der Waals surface area contributed by atoms with Crippen LogP contribution in [0.3, 0.4) is 0 Å². The number of piperidine rings is 1. The summed E-state index contributed by atoms with van der Waals surface area (Å²) >= 11 is 0. The first-order chi connectivity index (χ1) is 25.1. The Morgan fingerprint density at radius 2 is 1.87 bits per heavy atom. The van der Waals surface area contributed by atoms with Crippen molar-refractivity contribution in [3.05, 3.63) is 41.5 Å². The van der Waals surface area contributed by atoms with E-state index < -0.39 is 17.2 Å². The predicted octanol–water partition coefficient (Wildman–Crippen LogP) is 5.65. The third kappa shape index (κ3) is 6.29. The summed E-state index contributed by atoms with van der Waals surface area (Å²) in [5.41, 5.74) is -0.948. The van der Waals surface area contributed by atoms with Gasteiger partial charge in [0.05, 0.1) is 46.7 Å². The molecule has 4 aliphatic rings. The number of phenolic OH excluding ortho intramolecular Hbond substituents is 1. The number of pyridine rings is 1. The van der Waals surface area contributed by atoms with E-state index in [0.29, 0.717) is 60.3 Å². The third-order valence-electron chi connectivity index (χ3n) is 11.5. The molecule has 4 fully saturated rings. The Hall–Kier alpha value is -3.91. The van der Waals surface area contributed by atoms with Gasteiger partial charge in [-0.2, -0.15) is 9.97 Å². The molecule has 3 atom stereocenters. The number of halogens is 2. The molecule has 4 aromatic rings. The van der Waals surface area contributed by atoms with Crippen molar-refractivity contribution in [2.24, 2.45) is 11.3 Å². The maximum absolute atomic E-state index is 17.3. The summed E-state index contributed by atoms with van der Waals surface area (Å²) in [6.45, 7) is 8.53. The number of phenols is 1. The number of fused-ring (bicyclic) bond motifs is 3.